The van der Waals surface area contributed by atoms with Gasteiger partial charge in [0.1, 0.15) is 6.11 Å². The fourth-order valence-corrected chi connectivity index (χ4v) is 2.15. The molecule has 2 rings (SSSR count). The van der Waals surface area contributed by atoms with E-state index in [1.807, 2.05) is 19.9 Å². The van der Waals surface area contributed by atoms with Crippen molar-refractivity contribution < 1.29 is 14.3 Å². The second kappa shape index (κ2) is 4.66. The summed E-state index contributed by atoms with van der Waals surface area (Å²) in [6.07, 6.45) is 1.25. The maximum Gasteiger partial charge on any atom is 0.235 e. The Morgan fingerprint density at radius 3 is 2.56 bits per heavy atom. The molecule has 1 aromatic carbocycles. The number of benzene rings is 1. The predicted octanol–water partition coefficient (Wildman–Crippen LogP) is 2.56. The van der Waals surface area contributed by atoms with E-state index in [4.69, 9.17) is 4.74 Å². The molecule has 0 heterocycles. The maximum atomic E-state index is 12.2. The van der Waals surface area contributed by atoms with Crippen LogP contribution < -0.4 is 0 Å². The van der Waals surface area contributed by atoms with Crippen molar-refractivity contribution in [3.8, 4) is 12.0 Å². The van der Waals surface area contributed by atoms with Gasteiger partial charge in [0.25, 0.3) is 0 Å². The third-order valence-corrected chi connectivity index (χ3v) is 2.99. The van der Waals surface area contributed by atoms with Gasteiger partial charge in [-0.15, -0.1) is 0 Å². The molecule has 92 valence electrons. The molecule has 1 atom stereocenters. The van der Waals surface area contributed by atoms with E-state index in [2.05, 4.69) is 12.0 Å². The zero-order valence-electron chi connectivity index (χ0n) is 10.6. The molecule has 1 aromatic rings. The minimum Gasteiger partial charge on any atom is -0.426 e. The van der Waals surface area contributed by atoms with Gasteiger partial charge in [-0.05, 0) is 11.5 Å². The average Bonchev–Trinajstić information content (AvgIpc) is 2.60. The summed E-state index contributed by atoms with van der Waals surface area (Å²) in [6, 6.07) is 5.35. The van der Waals surface area contributed by atoms with Crippen LogP contribution in [0.15, 0.2) is 18.2 Å². The molecule has 0 amide bonds. The number of fused-ring (bicyclic) bond motifs is 1. The van der Waals surface area contributed by atoms with E-state index < -0.39 is 6.10 Å². The van der Waals surface area contributed by atoms with Gasteiger partial charge in [-0.1, -0.05) is 38.0 Å². The second-order valence-electron chi connectivity index (χ2n) is 4.50. The first kappa shape index (κ1) is 12.4. The van der Waals surface area contributed by atoms with E-state index in [9.17, 15) is 9.59 Å². The van der Waals surface area contributed by atoms with Crippen LogP contribution in [0.2, 0.25) is 0 Å². The number of carbonyl (C=O) groups excluding carboxylic acids is 2. The van der Waals surface area contributed by atoms with Gasteiger partial charge in [0.05, 0.1) is 0 Å². The number of ether oxygens (including phenoxy) is 1. The van der Waals surface area contributed by atoms with Crippen molar-refractivity contribution in [1.29, 1.82) is 0 Å². The molecule has 0 saturated carbocycles. The number of carbonyl (C=O) groups is 2. The Morgan fingerprint density at radius 2 is 1.94 bits per heavy atom. The van der Waals surface area contributed by atoms with Crippen LogP contribution in [0.25, 0.3) is 0 Å². The van der Waals surface area contributed by atoms with Crippen molar-refractivity contribution in [3.63, 3.8) is 0 Å². The molecule has 3 nitrogen and oxygen atoms in total. The summed E-state index contributed by atoms with van der Waals surface area (Å²) < 4.78 is 5.03. The molecule has 0 spiro atoms. The lowest BCUT2D eigenvalue weighted by Gasteiger charge is -2.09. The molecule has 3 heteroatoms. The van der Waals surface area contributed by atoms with Crippen LogP contribution in [-0.4, -0.2) is 17.7 Å². The number of hydrogen-bond donors (Lipinski definition) is 0. The van der Waals surface area contributed by atoms with Gasteiger partial charge in [0.2, 0.25) is 17.7 Å². The molecule has 1 unspecified atom stereocenters. The lowest BCUT2D eigenvalue weighted by atomic mass is 9.94. The summed E-state index contributed by atoms with van der Waals surface area (Å²) in [4.78, 5) is 24.3. The van der Waals surface area contributed by atoms with Crippen molar-refractivity contribution in [2.45, 2.75) is 32.8 Å². The zero-order valence-corrected chi connectivity index (χ0v) is 10.6. The van der Waals surface area contributed by atoms with Crippen LogP contribution >= 0.6 is 0 Å². The topological polar surface area (TPSA) is 43.4 Å². The van der Waals surface area contributed by atoms with E-state index in [1.54, 1.807) is 19.1 Å². The molecule has 0 fully saturated rings. The van der Waals surface area contributed by atoms with Gasteiger partial charge in [-0.3, -0.25) is 9.59 Å². The van der Waals surface area contributed by atoms with Gasteiger partial charge in [0, 0.05) is 18.1 Å². The van der Waals surface area contributed by atoms with Crippen LogP contribution in [-0.2, 0) is 4.74 Å². The van der Waals surface area contributed by atoms with Crippen molar-refractivity contribution in [2.75, 3.05) is 0 Å². The largest absolute Gasteiger partial charge is 0.426 e. The first-order chi connectivity index (χ1) is 8.57. The summed E-state index contributed by atoms with van der Waals surface area (Å²) in [5.41, 5.74) is 1.84. The van der Waals surface area contributed by atoms with E-state index in [0.717, 1.165) is 5.56 Å². The van der Waals surface area contributed by atoms with E-state index in [1.165, 1.54) is 0 Å². The van der Waals surface area contributed by atoms with Crippen LogP contribution in [0.3, 0.4) is 0 Å². The molecule has 0 aromatic heterocycles. The van der Waals surface area contributed by atoms with Crippen LogP contribution in [0.5, 0.6) is 0 Å². The first-order valence-electron chi connectivity index (χ1n) is 5.86. The Hall–Kier alpha value is -2.08. The summed E-state index contributed by atoms with van der Waals surface area (Å²) in [6.45, 7) is 5.58. The predicted molar refractivity (Wildman–Crippen MR) is 67.5 cm³/mol. The third kappa shape index (κ3) is 1.80. The SMILES string of the molecule is CC#COC1C(=O)c2cccc(C(C)C)c2C1=O. The Kier molecular flexibility index (Phi) is 3.20. The van der Waals surface area contributed by atoms with Crippen molar-refractivity contribution in [1.82, 2.24) is 0 Å². The van der Waals surface area contributed by atoms with Crippen molar-refractivity contribution in [3.05, 3.63) is 34.9 Å². The van der Waals surface area contributed by atoms with E-state index >= 15 is 0 Å². The van der Waals surface area contributed by atoms with Gasteiger partial charge in [-0.25, -0.2) is 0 Å². The highest BCUT2D eigenvalue weighted by Gasteiger charge is 2.41. The summed E-state index contributed by atoms with van der Waals surface area (Å²) in [7, 11) is 0. The average molecular weight is 242 g/mol. The molecule has 1 aliphatic rings. The molecule has 0 aliphatic heterocycles. The molecule has 18 heavy (non-hydrogen) atoms. The summed E-state index contributed by atoms with van der Waals surface area (Å²) >= 11 is 0. The summed E-state index contributed by atoms with van der Waals surface area (Å²) in [5, 5.41) is 0. The lowest BCUT2D eigenvalue weighted by molar-refractivity contribution is 0.0658. The van der Waals surface area contributed by atoms with Gasteiger partial charge < -0.3 is 4.74 Å². The fraction of sp³-hybridized carbons (Fsp3) is 0.333. The Bertz CT molecular complexity index is 573. The molecule has 0 saturated heterocycles. The van der Waals surface area contributed by atoms with Gasteiger partial charge >= 0.3 is 0 Å². The number of ketones is 2. The summed E-state index contributed by atoms with van der Waals surface area (Å²) in [5.74, 6) is 2.14. The quantitative estimate of drug-likeness (QED) is 0.591. The minimum absolute atomic E-state index is 0.188. The monoisotopic (exact) mass is 242 g/mol. The zero-order chi connectivity index (χ0) is 13.3. The van der Waals surface area contributed by atoms with Crippen molar-refractivity contribution in [2.24, 2.45) is 0 Å². The Balaban J connectivity index is 2.51. The highest BCUT2D eigenvalue weighted by molar-refractivity contribution is 6.29. The number of rotatable bonds is 2. The third-order valence-electron chi connectivity index (χ3n) is 2.99. The number of hydrogen-bond acceptors (Lipinski definition) is 3. The Morgan fingerprint density at radius 1 is 1.22 bits per heavy atom. The van der Waals surface area contributed by atoms with E-state index in [-0.39, 0.29) is 17.5 Å². The molecule has 0 N–H and O–H groups in total. The fourth-order valence-electron chi connectivity index (χ4n) is 2.15. The molecule has 0 radical (unpaired) electrons. The van der Waals surface area contributed by atoms with Crippen LogP contribution in [0, 0.1) is 12.0 Å². The van der Waals surface area contributed by atoms with Crippen molar-refractivity contribution >= 4 is 11.6 Å². The Labute approximate surface area is 106 Å². The minimum atomic E-state index is -1.09. The normalized spacial score (nSPS) is 17.4. The van der Waals surface area contributed by atoms with Gasteiger partial charge in [-0.2, -0.15) is 0 Å². The standard InChI is InChI=1S/C15H14O3/c1-4-8-18-15-13(16)11-7-5-6-10(9(2)3)12(11)14(15)17/h5-7,9,15H,1-3H3. The van der Waals surface area contributed by atoms with Crippen LogP contribution in [0.1, 0.15) is 53.0 Å². The second-order valence-corrected chi connectivity index (χ2v) is 4.50. The molecule has 0 bridgehead atoms. The van der Waals surface area contributed by atoms with E-state index in [0.29, 0.717) is 11.1 Å². The lowest BCUT2D eigenvalue weighted by Crippen LogP contribution is -2.24. The first-order valence-corrected chi connectivity index (χ1v) is 5.86. The van der Waals surface area contributed by atoms with Gasteiger partial charge in [0.15, 0.2) is 0 Å². The highest BCUT2D eigenvalue weighted by Crippen LogP contribution is 2.31. The highest BCUT2D eigenvalue weighted by atomic mass is 16.5. The number of Topliss-reactive ketones (excluding diaryl/α,β-unsaturated/α-hetero) is 2. The molecule has 1 aliphatic carbocycles. The molecular formula is C15H14O3. The van der Waals surface area contributed by atoms with Crippen LogP contribution in [0.4, 0.5) is 0 Å². The maximum absolute atomic E-state index is 12.2. The molecular weight excluding hydrogens is 228 g/mol. The smallest absolute Gasteiger partial charge is 0.235 e.